The summed E-state index contributed by atoms with van der Waals surface area (Å²) in [4.78, 5) is 25.4. The maximum atomic E-state index is 13.1. The van der Waals surface area contributed by atoms with Crippen molar-refractivity contribution in [3.8, 4) is 23.0 Å². The van der Waals surface area contributed by atoms with Gasteiger partial charge in [-0.1, -0.05) is 23.2 Å². The van der Waals surface area contributed by atoms with Crippen LogP contribution < -0.4 is 24.3 Å². The van der Waals surface area contributed by atoms with Gasteiger partial charge in [0.2, 0.25) is 6.04 Å². The Labute approximate surface area is 214 Å². The predicted octanol–water partition coefficient (Wildman–Crippen LogP) is 6.27. The lowest BCUT2D eigenvalue weighted by Gasteiger charge is -2.17. The van der Waals surface area contributed by atoms with Gasteiger partial charge in [0.25, 0.3) is 5.91 Å². The molecule has 1 atom stereocenters. The Hall–Kier alpha value is -3.04. The second kappa shape index (κ2) is 13.7. The van der Waals surface area contributed by atoms with E-state index in [1.165, 1.54) is 6.92 Å². The molecule has 0 bridgehead atoms. The Morgan fingerprint density at radius 2 is 1.40 bits per heavy atom. The molecule has 0 aliphatic rings. The molecule has 0 aliphatic heterocycles. The smallest absolute Gasteiger partial charge is 0.258 e. The number of rotatable bonds is 13. The van der Waals surface area contributed by atoms with Gasteiger partial charge in [0, 0.05) is 0 Å². The van der Waals surface area contributed by atoms with E-state index in [4.69, 9.17) is 42.1 Å². The van der Waals surface area contributed by atoms with Crippen LogP contribution in [-0.2, 0) is 9.59 Å². The number of carbonyl (C=O) groups excluding carboxylic acids is 2. The first-order valence-corrected chi connectivity index (χ1v) is 11.9. The summed E-state index contributed by atoms with van der Waals surface area (Å²) in [5.74, 6) is 0.0513. The minimum Gasteiger partial charge on any atom is -0.492 e. The van der Waals surface area contributed by atoms with Crippen LogP contribution in [0.25, 0.3) is 0 Å². The normalized spacial score (nSPS) is 11.7. The van der Waals surface area contributed by atoms with Gasteiger partial charge < -0.3 is 24.3 Å². The minimum absolute atomic E-state index is 0.136. The van der Waals surface area contributed by atoms with Gasteiger partial charge in [0.05, 0.1) is 31.5 Å². The van der Waals surface area contributed by atoms with Crippen molar-refractivity contribution in [3.05, 3.63) is 34.3 Å². The summed E-state index contributed by atoms with van der Waals surface area (Å²) < 4.78 is 22.3. The Morgan fingerprint density at radius 1 is 0.857 bits per heavy atom. The van der Waals surface area contributed by atoms with Gasteiger partial charge >= 0.3 is 0 Å². The molecule has 9 nitrogen and oxygen atoms in total. The zero-order valence-electron chi connectivity index (χ0n) is 20.3. The van der Waals surface area contributed by atoms with E-state index in [1.54, 1.807) is 45.0 Å². The molecule has 0 saturated heterocycles. The summed E-state index contributed by atoms with van der Waals surface area (Å²) in [6, 6.07) is 4.98. The average molecular weight is 526 g/mol. The molecule has 0 radical (unpaired) electrons. The van der Waals surface area contributed by atoms with Gasteiger partial charge in [0.15, 0.2) is 17.3 Å². The number of amides is 1. The quantitative estimate of drug-likeness (QED) is 0.244. The number of halogens is 2. The number of hydrogen-bond donors (Lipinski definition) is 1. The molecular weight excluding hydrogens is 497 g/mol. The van der Waals surface area contributed by atoms with E-state index in [2.05, 4.69) is 15.5 Å². The highest BCUT2D eigenvalue weighted by molar-refractivity contribution is 6.36. The molecule has 0 heterocycles. The molecule has 35 heavy (non-hydrogen) atoms. The number of anilines is 1. The Kier molecular flexibility index (Phi) is 11.1. The average Bonchev–Trinajstić information content (AvgIpc) is 2.81. The van der Waals surface area contributed by atoms with Gasteiger partial charge in [-0.25, -0.2) is 0 Å². The van der Waals surface area contributed by atoms with Crippen molar-refractivity contribution >= 4 is 46.3 Å². The first-order valence-electron chi connectivity index (χ1n) is 11.2. The van der Waals surface area contributed by atoms with Gasteiger partial charge in [-0.3, -0.25) is 9.59 Å². The third-order valence-corrected chi connectivity index (χ3v) is 5.14. The Bertz CT molecular complexity index is 1080. The third-order valence-electron chi connectivity index (χ3n) is 4.46. The monoisotopic (exact) mass is 525 g/mol. The van der Waals surface area contributed by atoms with Crippen molar-refractivity contribution in [2.24, 2.45) is 10.2 Å². The van der Waals surface area contributed by atoms with Crippen LogP contribution in [-0.4, -0.2) is 44.2 Å². The van der Waals surface area contributed by atoms with E-state index >= 15 is 0 Å². The van der Waals surface area contributed by atoms with Crippen molar-refractivity contribution in [2.75, 3.05) is 31.7 Å². The van der Waals surface area contributed by atoms with Gasteiger partial charge in [0.1, 0.15) is 27.9 Å². The third kappa shape index (κ3) is 7.22. The molecule has 0 aliphatic carbocycles. The summed E-state index contributed by atoms with van der Waals surface area (Å²) in [7, 11) is 0. The number of ketones is 1. The lowest BCUT2D eigenvalue weighted by atomic mass is 10.2. The van der Waals surface area contributed by atoms with E-state index in [9.17, 15) is 9.59 Å². The number of Topliss-reactive ketones (excluding diaryl/α,β-unsaturated/α-hetero) is 1. The molecule has 0 saturated carbocycles. The van der Waals surface area contributed by atoms with Crippen LogP contribution in [0.15, 0.2) is 34.5 Å². The van der Waals surface area contributed by atoms with Crippen molar-refractivity contribution in [1.82, 2.24) is 0 Å². The van der Waals surface area contributed by atoms with Crippen LogP contribution in [0, 0.1) is 0 Å². The zero-order valence-corrected chi connectivity index (χ0v) is 21.8. The summed E-state index contributed by atoms with van der Waals surface area (Å²) in [6.45, 7) is 9.84. The number of nitrogens with one attached hydrogen (secondary N) is 1. The molecule has 1 unspecified atom stereocenters. The van der Waals surface area contributed by atoms with Crippen molar-refractivity contribution in [1.29, 1.82) is 0 Å². The van der Waals surface area contributed by atoms with Crippen molar-refractivity contribution in [3.63, 3.8) is 0 Å². The molecule has 0 fully saturated rings. The van der Waals surface area contributed by atoms with Crippen molar-refractivity contribution in [2.45, 2.75) is 40.7 Å². The second-order valence-corrected chi connectivity index (χ2v) is 7.71. The number of azo groups is 1. The molecule has 190 valence electrons. The van der Waals surface area contributed by atoms with Crippen LogP contribution in [0.3, 0.4) is 0 Å². The molecule has 1 N–H and O–H groups in total. The largest absolute Gasteiger partial charge is 0.492 e. The lowest BCUT2D eigenvalue weighted by Crippen LogP contribution is -2.32. The molecule has 11 heteroatoms. The molecule has 0 spiro atoms. The summed E-state index contributed by atoms with van der Waals surface area (Å²) >= 11 is 12.8. The number of hydrogen-bond acceptors (Lipinski definition) is 8. The Balaban J connectivity index is 2.44. The van der Waals surface area contributed by atoms with Crippen molar-refractivity contribution < 1.29 is 28.5 Å². The molecular formula is C24H29Cl2N3O6. The van der Waals surface area contributed by atoms with E-state index in [0.29, 0.717) is 43.7 Å². The topological polar surface area (TPSA) is 108 Å². The van der Waals surface area contributed by atoms with E-state index in [0.717, 1.165) is 0 Å². The van der Waals surface area contributed by atoms with Gasteiger partial charge in [-0.2, -0.15) is 5.11 Å². The first-order chi connectivity index (χ1) is 16.8. The molecule has 2 aromatic carbocycles. The molecule has 1 amide bonds. The maximum absolute atomic E-state index is 13.1. The SMILES string of the molecule is CCOc1ccc(OCC)c(NC(=O)C(N=Nc2c(Cl)ccc(OCC)c2OCC)C(C)=O)c1Cl. The van der Waals surface area contributed by atoms with E-state index in [-0.39, 0.29) is 27.2 Å². The van der Waals surface area contributed by atoms with E-state index < -0.39 is 17.7 Å². The Morgan fingerprint density at radius 3 is 2.00 bits per heavy atom. The number of ether oxygens (including phenoxy) is 4. The summed E-state index contributed by atoms with van der Waals surface area (Å²) in [5.41, 5.74) is 0.308. The van der Waals surface area contributed by atoms with E-state index in [1.807, 2.05) is 6.92 Å². The fourth-order valence-corrected chi connectivity index (χ4v) is 3.44. The van der Waals surface area contributed by atoms with Crippen LogP contribution in [0.2, 0.25) is 10.0 Å². The summed E-state index contributed by atoms with van der Waals surface area (Å²) in [5, 5.41) is 11.1. The molecule has 2 rings (SSSR count). The van der Waals surface area contributed by atoms with Crippen LogP contribution in [0.5, 0.6) is 23.0 Å². The summed E-state index contributed by atoms with van der Waals surface area (Å²) in [6.07, 6.45) is 0. The highest BCUT2D eigenvalue weighted by Crippen LogP contribution is 2.43. The number of benzene rings is 2. The standard InChI is InChI=1S/C24H29Cl2N3O6/c1-6-32-16-12-13-17(33-7-2)22(19(16)26)27-24(31)20(14(5)30)28-29-21-15(25)10-11-18(34-8-3)23(21)35-9-4/h10-13,20H,6-9H2,1-5H3,(H,27,31). The second-order valence-electron chi connectivity index (χ2n) is 6.92. The number of nitrogens with zero attached hydrogens (tertiary/aromatic N) is 2. The fraction of sp³-hybridized carbons (Fsp3) is 0.417. The number of carbonyl (C=O) groups is 2. The highest BCUT2D eigenvalue weighted by atomic mass is 35.5. The minimum atomic E-state index is -1.49. The van der Waals surface area contributed by atoms with Gasteiger partial charge in [-0.15, -0.1) is 5.11 Å². The predicted molar refractivity (Wildman–Crippen MR) is 135 cm³/mol. The molecule has 2 aromatic rings. The molecule has 0 aromatic heterocycles. The van der Waals surface area contributed by atoms with Crippen LogP contribution in [0.4, 0.5) is 11.4 Å². The lowest BCUT2D eigenvalue weighted by molar-refractivity contribution is -0.126. The van der Waals surface area contributed by atoms with Gasteiger partial charge in [-0.05, 0) is 58.9 Å². The van der Waals surface area contributed by atoms with Crippen LogP contribution >= 0.6 is 23.2 Å². The maximum Gasteiger partial charge on any atom is 0.258 e. The highest BCUT2D eigenvalue weighted by Gasteiger charge is 2.27. The van der Waals surface area contributed by atoms with Crippen LogP contribution in [0.1, 0.15) is 34.6 Å². The fourth-order valence-electron chi connectivity index (χ4n) is 3.00. The first kappa shape index (κ1) is 28.2. The zero-order chi connectivity index (χ0) is 26.0.